The van der Waals surface area contributed by atoms with Gasteiger partial charge >= 0.3 is 18.1 Å². The van der Waals surface area contributed by atoms with E-state index < -0.39 is 30.6 Å². The molecule has 4 nitrogen and oxygen atoms in total. The minimum atomic E-state index is -4.50. The first-order chi connectivity index (χ1) is 7.35. The highest BCUT2D eigenvalue weighted by Crippen LogP contribution is 2.30. The van der Waals surface area contributed by atoms with Crippen LogP contribution in [0.1, 0.15) is 19.8 Å². The van der Waals surface area contributed by atoms with Gasteiger partial charge in [-0.25, -0.2) is 4.79 Å². The van der Waals surface area contributed by atoms with Crippen LogP contribution in [0.3, 0.4) is 0 Å². The number of halogens is 3. The number of carbonyl (C=O) groups excluding carboxylic acids is 2. The summed E-state index contributed by atoms with van der Waals surface area (Å²) in [7, 11) is 0. The van der Waals surface area contributed by atoms with Crippen molar-refractivity contribution in [3.8, 4) is 0 Å². The number of alkyl halides is 3. The average Bonchev–Trinajstić information content (AvgIpc) is 2.95. The second-order valence-corrected chi connectivity index (χ2v) is 3.50. The van der Waals surface area contributed by atoms with Gasteiger partial charge in [0.2, 0.25) is 0 Å². The number of carbonyl (C=O) groups is 2. The Kier molecular flexibility index (Phi) is 3.77. The number of esters is 1. The lowest BCUT2D eigenvalue weighted by molar-refractivity contribution is -0.172. The quantitative estimate of drug-likeness (QED) is 0.547. The molecule has 0 heterocycles. The molecular weight excluding hydrogens is 227 g/mol. The normalized spacial score (nSPS) is 15.8. The standard InChI is InChI=1S/C9H12F3NO3/c1-2-16-8(15)7(14)13(6-3-4-6)5-9(10,11)12/h6H,2-5H2,1H3. The highest BCUT2D eigenvalue weighted by molar-refractivity contribution is 6.32. The minimum absolute atomic E-state index is 0.0326. The first-order valence-electron chi connectivity index (χ1n) is 4.89. The van der Waals surface area contributed by atoms with Crippen molar-refractivity contribution in [2.75, 3.05) is 13.2 Å². The van der Waals surface area contributed by atoms with Crippen molar-refractivity contribution in [1.82, 2.24) is 4.90 Å². The zero-order chi connectivity index (χ0) is 12.3. The number of ether oxygens (including phenoxy) is 1. The lowest BCUT2D eigenvalue weighted by Gasteiger charge is -2.22. The minimum Gasteiger partial charge on any atom is -0.459 e. The molecule has 0 atom stereocenters. The summed E-state index contributed by atoms with van der Waals surface area (Å²) in [6, 6.07) is -0.474. The molecule has 0 radical (unpaired) electrons. The largest absolute Gasteiger partial charge is 0.459 e. The van der Waals surface area contributed by atoms with Crippen LogP contribution in [0.5, 0.6) is 0 Å². The van der Waals surface area contributed by atoms with Gasteiger partial charge in [0.25, 0.3) is 0 Å². The summed E-state index contributed by atoms with van der Waals surface area (Å²) in [4.78, 5) is 22.9. The highest BCUT2D eigenvalue weighted by atomic mass is 19.4. The van der Waals surface area contributed by atoms with Crippen LogP contribution < -0.4 is 0 Å². The number of nitrogens with zero attached hydrogens (tertiary/aromatic N) is 1. The summed E-state index contributed by atoms with van der Waals surface area (Å²) >= 11 is 0. The second-order valence-electron chi connectivity index (χ2n) is 3.50. The monoisotopic (exact) mass is 239 g/mol. The molecule has 0 aromatic rings. The molecule has 0 N–H and O–H groups in total. The zero-order valence-electron chi connectivity index (χ0n) is 8.71. The molecule has 7 heteroatoms. The van der Waals surface area contributed by atoms with Crippen molar-refractivity contribution in [3.63, 3.8) is 0 Å². The van der Waals surface area contributed by atoms with Gasteiger partial charge in [-0.1, -0.05) is 0 Å². The molecule has 0 aromatic heterocycles. The van der Waals surface area contributed by atoms with Gasteiger partial charge in [0.05, 0.1) is 6.61 Å². The third kappa shape index (κ3) is 3.71. The lowest BCUT2D eigenvalue weighted by Crippen LogP contribution is -2.44. The van der Waals surface area contributed by atoms with Gasteiger partial charge in [-0.2, -0.15) is 13.2 Å². The number of hydrogen-bond acceptors (Lipinski definition) is 3. The SMILES string of the molecule is CCOC(=O)C(=O)N(CC(F)(F)F)C1CC1. The lowest BCUT2D eigenvalue weighted by atomic mass is 10.4. The van der Waals surface area contributed by atoms with Crippen LogP contribution in [0.25, 0.3) is 0 Å². The van der Waals surface area contributed by atoms with Crippen LogP contribution in [0, 0.1) is 0 Å². The molecule has 0 unspecified atom stereocenters. The van der Waals surface area contributed by atoms with E-state index in [1.807, 2.05) is 0 Å². The Morgan fingerprint density at radius 1 is 1.38 bits per heavy atom. The van der Waals surface area contributed by atoms with E-state index in [4.69, 9.17) is 0 Å². The molecule has 0 spiro atoms. The molecule has 0 bridgehead atoms. The Labute approximate surface area is 90.3 Å². The van der Waals surface area contributed by atoms with Crippen LogP contribution in [0.15, 0.2) is 0 Å². The van der Waals surface area contributed by atoms with Crippen molar-refractivity contribution in [2.45, 2.75) is 32.0 Å². The Morgan fingerprint density at radius 2 is 1.94 bits per heavy atom. The van der Waals surface area contributed by atoms with Crippen LogP contribution >= 0.6 is 0 Å². The Balaban J connectivity index is 2.63. The van der Waals surface area contributed by atoms with E-state index in [2.05, 4.69) is 4.74 Å². The molecule has 92 valence electrons. The predicted molar refractivity (Wildman–Crippen MR) is 47.4 cm³/mol. The van der Waals surface area contributed by atoms with Crippen LogP contribution in [-0.2, 0) is 14.3 Å². The van der Waals surface area contributed by atoms with Gasteiger partial charge in [0.15, 0.2) is 0 Å². The maximum absolute atomic E-state index is 12.2. The molecule has 16 heavy (non-hydrogen) atoms. The predicted octanol–water partition coefficient (Wildman–Crippen LogP) is 1.10. The van der Waals surface area contributed by atoms with Crippen molar-refractivity contribution < 1.29 is 27.5 Å². The molecule has 1 fully saturated rings. The second kappa shape index (κ2) is 4.71. The summed E-state index contributed by atoms with van der Waals surface area (Å²) in [6.45, 7) is 0.0564. The molecule has 1 aliphatic carbocycles. The van der Waals surface area contributed by atoms with Gasteiger partial charge in [-0.15, -0.1) is 0 Å². The number of rotatable bonds is 3. The van der Waals surface area contributed by atoms with Gasteiger partial charge in [-0.05, 0) is 19.8 Å². The first kappa shape index (κ1) is 12.8. The molecule has 1 rings (SSSR count). The van der Waals surface area contributed by atoms with E-state index in [0.717, 1.165) is 0 Å². The molecule has 1 saturated carbocycles. The molecule has 1 amide bonds. The fraction of sp³-hybridized carbons (Fsp3) is 0.778. The summed E-state index contributed by atoms with van der Waals surface area (Å²) in [5.41, 5.74) is 0. The topological polar surface area (TPSA) is 46.6 Å². The fourth-order valence-corrected chi connectivity index (χ4v) is 1.26. The van der Waals surface area contributed by atoms with E-state index in [0.29, 0.717) is 17.7 Å². The maximum atomic E-state index is 12.2. The van der Waals surface area contributed by atoms with Gasteiger partial charge < -0.3 is 9.64 Å². The van der Waals surface area contributed by atoms with Crippen molar-refractivity contribution in [3.05, 3.63) is 0 Å². The molecule has 0 aliphatic heterocycles. The molecule has 1 aliphatic rings. The number of amides is 1. The Morgan fingerprint density at radius 3 is 2.31 bits per heavy atom. The van der Waals surface area contributed by atoms with Gasteiger partial charge in [-0.3, -0.25) is 4.79 Å². The summed E-state index contributed by atoms with van der Waals surface area (Å²) < 4.78 is 40.9. The van der Waals surface area contributed by atoms with Crippen molar-refractivity contribution in [1.29, 1.82) is 0 Å². The number of hydrogen-bond donors (Lipinski definition) is 0. The van der Waals surface area contributed by atoms with Gasteiger partial charge in [0.1, 0.15) is 6.54 Å². The van der Waals surface area contributed by atoms with E-state index in [-0.39, 0.29) is 6.61 Å². The summed E-state index contributed by atoms with van der Waals surface area (Å²) in [5.74, 6) is -2.43. The van der Waals surface area contributed by atoms with E-state index in [1.54, 1.807) is 0 Å². The zero-order valence-corrected chi connectivity index (χ0v) is 8.71. The molecule has 0 saturated heterocycles. The van der Waals surface area contributed by atoms with Crippen LogP contribution in [0.2, 0.25) is 0 Å². The summed E-state index contributed by atoms with van der Waals surface area (Å²) in [5, 5.41) is 0. The third-order valence-electron chi connectivity index (χ3n) is 2.05. The Bertz CT molecular complexity index is 286. The first-order valence-corrected chi connectivity index (χ1v) is 4.89. The Hall–Kier alpha value is -1.27. The van der Waals surface area contributed by atoms with E-state index in [1.165, 1.54) is 6.92 Å². The van der Waals surface area contributed by atoms with Crippen LogP contribution in [0.4, 0.5) is 13.2 Å². The van der Waals surface area contributed by atoms with Gasteiger partial charge in [0, 0.05) is 6.04 Å². The highest BCUT2D eigenvalue weighted by Gasteiger charge is 2.42. The average molecular weight is 239 g/mol. The van der Waals surface area contributed by atoms with Crippen molar-refractivity contribution >= 4 is 11.9 Å². The molecule has 0 aromatic carbocycles. The van der Waals surface area contributed by atoms with E-state index >= 15 is 0 Å². The van der Waals surface area contributed by atoms with Crippen LogP contribution in [-0.4, -0.2) is 42.1 Å². The fourth-order valence-electron chi connectivity index (χ4n) is 1.26. The maximum Gasteiger partial charge on any atom is 0.406 e. The van der Waals surface area contributed by atoms with Crippen molar-refractivity contribution in [2.24, 2.45) is 0 Å². The third-order valence-corrected chi connectivity index (χ3v) is 2.05. The smallest absolute Gasteiger partial charge is 0.406 e. The summed E-state index contributed by atoms with van der Waals surface area (Å²) in [6.07, 6.45) is -3.49. The van der Waals surface area contributed by atoms with E-state index in [9.17, 15) is 22.8 Å². The molecular formula is C9H12F3NO3.